The van der Waals surface area contributed by atoms with Crippen LogP contribution < -0.4 is 4.90 Å². The highest BCUT2D eigenvalue weighted by Gasteiger charge is 2.24. The van der Waals surface area contributed by atoms with Gasteiger partial charge in [-0.2, -0.15) is 0 Å². The van der Waals surface area contributed by atoms with Crippen LogP contribution >= 0.6 is 0 Å². The molecule has 1 aromatic rings. The van der Waals surface area contributed by atoms with Crippen LogP contribution in [0.25, 0.3) is 0 Å². The second-order valence-corrected chi connectivity index (χ2v) is 5.18. The van der Waals surface area contributed by atoms with Crippen molar-refractivity contribution in [1.82, 2.24) is 4.98 Å². The molecule has 0 aliphatic carbocycles. The van der Waals surface area contributed by atoms with Crippen LogP contribution in [0.2, 0.25) is 0 Å². The summed E-state index contributed by atoms with van der Waals surface area (Å²) in [7, 11) is 0. The van der Waals surface area contributed by atoms with Crippen molar-refractivity contribution in [2.45, 2.75) is 32.4 Å². The van der Waals surface area contributed by atoms with Crippen LogP contribution in [0.15, 0.2) is 12.1 Å². The lowest BCUT2D eigenvalue weighted by Gasteiger charge is -2.35. The summed E-state index contributed by atoms with van der Waals surface area (Å²) in [4.78, 5) is 6.71. The van der Waals surface area contributed by atoms with Gasteiger partial charge in [-0.15, -0.1) is 0 Å². The molecule has 2 N–H and O–H groups in total. The lowest BCUT2D eigenvalue weighted by atomic mass is 10.1. The highest BCUT2D eigenvalue weighted by atomic mass is 16.5. The van der Waals surface area contributed by atoms with E-state index in [1.54, 1.807) is 0 Å². The van der Waals surface area contributed by atoms with Gasteiger partial charge in [0, 0.05) is 12.2 Å². The molecule has 1 fully saturated rings. The van der Waals surface area contributed by atoms with Crippen LogP contribution in [0.4, 0.5) is 5.82 Å². The van der Waals surface area contributed by atoms with Crippen molar-refractivity contribution in [2.75, 3.05) is 31.3 Å². The Labute approximate surface area is 113 Å². The lowest BCUT2D eigenvalue weighted by Crippen LogP contribution is -2.48. The predicted octanol–water partition coefficient (Wildman–Crippen LogP) is 0.895. The van der Waals surface area contributed by atoms with Crippen LogP contribution in [-0.4, -0.2) is 47.6 Å². The Bertz CT molecular complexity index is 423. The molecule has 0 radical (unpaired) electrons. The zero-order valence-corrected chi connectivity index (χ0v) is 11.5. The minimum atomic E-state index is -0.0600. The summed E-state index contributed by atoms with van der Waals surface area (Å²) in [6, 6.07) is 3.76. The van der Waals surface area contributed by atoms with E-state index in [0.29, 0.717) is 25.7 Å². The summed E-state index contributed by atoms with van der Waals surface area (Å²) in [6.07, 6.45) is 0. The van der Waals surface area contributed by atoms with Gasteiger partial charge in [0.25, 0.3) is 0 Å². The fourth-order valence-corrected chi connectivity index (χ4v) is 2.24. The van der Waals surface area contributed by atoms with Crippen molar-refractivity contribution >= 4 is 5.82 Å². The second-order valence-electron chi connectivity index (χ2n) is 5.18. The van der Waals surface area contributed by atoms with Crippen molar-refractivity contribution in [3.63, 3.8) is 0 Å². The smallest absolute Gasteiger partial charge is 0.129 e. The molecule has 0 bridgehead atoms. The molecule has 0 saturated carbocycles. The Hall–Kier alpha value is -1.17. The number of rotatable bonds is 4. The first kappa shape index (κ1) is 14.2. The first-order chi connectivity index (χ1) is 9.15. The summed E-state index contributed by atoms with van der Waals surface area (Å²) in [5, 5.41) is 18.8. The third-order valence-electron chi connectivity index (χ3n) is 3.40. The van der Waals surface area contributed by atoms with E-state index in [1.807, 2.05) is 12.1 Å². The van der Waals surface area contributed by atoms with Gasteiger partial charge in [0.1, 0.15) is 5.82 Å². The van der Waals surface area contributed by atoms with Gasteiger partial charge in [0.2, 0.25) is 0 Å². The van der Waals surface area contributed by atoms with Crippen LogP contribution in [0.5, 0.6) is 0 Å². The van der Waals surface area contributed by atoms with Gasteiger partial charge in [-0.3, -0.25) is 0 Å². The number of hydrogen-bond acceptors (Lipinski definition) is 5. The normalized spacial score (nSPS) is 20.1. The average molecular weight is 266 g/mol. The van der Waals surface area contributed by atoms with Crippen LogP contribution in [-0.2, 0) is 11.3 Å². The molecule has 106 valence electrons. The summed E-state index contributed by atoms with van der Waals surface area (Å²) in [5.41, 5.74) is 1.82. The van der Waals surface area contributed by atoms with Gasteiger partial charge in [-0.1, -0.05) is 13.8 Å². The van der Waals surface area contributed by atoms with E-state index in [2.05, 4.69) is 23.7 Å². The number of morpholine rings is 1. The van der Waals surface area contributed by atoms with Crippen molar-refractivity contribution < 1.29 is 14.9 Å². The molecule has 2 rings (SSSR count). The number of pyridine rings is 1. The maximum atomic E-state index is 9.43. The molecule has 1 aliphatic heterocycles. The molecule has 0 aromatic carbocycles. The largest absolute Gasteiger partial charge is 0.394 e. The Kier molecular flexibility index (Phi) is 4.74. The average Bonchev–Trinajstić information content (AvgIpc) is 2.46. The highest BCUT2D eigenvalue weighted by molar-refractivity contribution is 5.44. The molecule has 1 unspecified atom stereocenters. The topological polar surface area (TPSA) is 65.8 Å². The second kappa shape index (κ2) is 6.32. The van der Waals surface area contributed by atoms with Gasteiger partial charge in [0.15, 0.2) is 0 Å². The Balaban J connectivity index is 2.33. The SMILES string of the molecule is CC(C)c1cc(CO)cc(N2CCOCC2CO)n1. The van der Waals surface area contributed by atoms with Gasteiger partial charge < -0.3 is 19.8 Å². The third kappa shape index (κ3) is 3.23. The fourth-order valence-electron chi connectivity index (χ4n) is 2.24. The first-order valence-corrected chi connectivity index (χ1v) is 6.72. The lowest BCUT2D eigenvalue weighted by molar-refractivity contribution is 0.0722. The van der Waals surface area contributed by atoms with Crippen LogP contribution in [0.3, 0.4) is 0 Å². The molecule has 1 saturated heterocycles. The van der Waals surface area contributed by atoms with E-state index in [-0.39, 0.29) is 19.3 Å². The zero-order valence-electron chi connectivity index (χ0n) is 11.5. The van der Waals surface area contributed by atoms with Gasteiger partial charge in [0.05, 0.1) is 32.5 Å². The molecule has 5 heteroatoms. The van der Waals surface area contributed by atoms with E-state index < -0.39 is 0 Å². The zero-order chi connectivity index (χ0) is 13.8. The van der Waals surface area contributed by atoms with Crippen LogP contribution in [0, 0.1) is 0 Å². The molecule has 1 aromatic heterocycles. The molecular formula is C14H22N2O3. The van der Waals surface area contributed by atoms with Crippen molar-refractivity contribution in [1.29, 1.82) is 0 Å². The van der Waals surface area contributed by atoms with Crippen molar-refractivity contribution in [3.05, 3.63) is 23.4 Å². The van der Waals surface area contributed by atoms with E-state index in [1.165, 1.54) is 0 Å². The van der Waals surface area contributed by atoms with Gasteiger partial charge >= 0.3 is 0 Å². The molecular weight excluding hydrogens is 244 g/mol. The summed E-state index contributed by atoms with van der Waals surface area (Å²) < 4.78 is 5.38. The summed E-state index contributed by atoms with van der Waals surface area (Å²) >= 11 is 0. The first-order valence-electron chi connectivity index (χ1n) is 6.72. The molecule has 1 atom stereocenters. The van der Waals surface area contributed by atoms with Gasteiger partial charge in [-0.25, -0.2) is 4.98 Å². The van der Waals surface area contributed by atoms with Crippen molar-refractivity contribution in [3.8, 4) is 0 Å². The molecule has 5 nitrogen and oxygen atoms in total. The third-order valence-corrected chi connectivity index (χ3v) is 3.40. The molecule has 0 amide bonds. The maximum Gasteiger partial charge on any atom is 0.129 e. The van der Waals surface area contributed by atoms with Gasteiger partial charge in [-0.05, 0) is 23.6 Å². The standard InChI is InChI=1S/C14H22N2O3/c1-10(2)13-5-11(7-17)6-14(15-13)16-3-4-19-9-12(16)8-18/h5-6,10,12,17-18H,3-4,7-9H2,1-2H3. The monoisotopic (exact) mass is 266 g/mol. The quantitative estimate of drug-likeness (QED) is 0.847. The minimum Gasteiger partial charge on any atom is -0.394 e. The molecule has 2 heterocycles. The fraction of sp³-hybridized carbons (Fsp3) is 0.643. The van der Waals surface area contributed by atoms with Crippen molar-refractivity contribution in [2.24, 2.45) is 0 Å². The summed E-state index contributed by atoms with van der Waals surface area (Å²) in [6.45, 7) is 6.07. The molecule has 1 aliphatic rings. The molecule has 19 heavy (non-hydrogen) atoms. The maximum absolute atomic E-state index is 9.43. The Morgan fingerprint density at radius 1 is 1.42 bits per heavy atom. The highest BCUT2D eigenvalue weighted by Crippen LogP contribution is 2.23. The van der Waals surface area contributed by atoms with E-state index >= 15 is 0 Å². The predicted molar refractivity (Wildman–Crippen MR) is 73.3 cm³/mol. The minimum absolute atomic E-state index is 0.00334. The van der Waals surface area contributed by atoms with E-state index in [0.717, 1.165) is 17.1 Å². The number of aliphatic hydroxyl groups excluding tert-OH is 2. The Morgan fingerprint density at radius 2 is 2.21 bits per heavy atom. The number of nitrogens with zero attached hydrogens (tertiary/aromatic N) is 2. The van der Waals surface area contributed by atoms with Crippen LogP contribution in [0.1, 0.15) is 31.0 Å². The number of ether oxygens (including phenoxy) is 1. The number of anilines is 1. The number of aromatic nitrogens is 1. The Morgan fingerprint density at radius 3 is 2.84 bits per heavy atom. The number of aliphatic hydroxyl groups is 2. The van der Waals surface area contributed by atoms with E-state index in [4.69, 9.17) is 4.74 Å². The summed E-state index contributed by atoms with van der Waals surface area (Å²) in [5.74, 6) is 1.12. The van der Waals surface area contributed by atoms with E-state index in [9.17, 15) is 10.2 Å². The number of hydrogen-bond donors (Lipinski definition) is 2. The molecule has 0 spiro atoms.